The highest BCUT2D eigenvalue weighted by Gasteiger charge is 2.34. The van der Waals surface area contributed by atoms with Gasteiger partial charge in [0.2, 0.25) is 5.91 Å². The first-order valence-corrected chi connectivity index (χ1v) is 7.53. The van der Waals surface area contributed by atoms with Gasteiger partial charge in [0.1, 0.15) is 6.04 Å². The monoisotopic (exact) mass is 288 g/mol. The number of amides is 2. The second-order valence-electron chi connectivity index (χ2n) is 5.54. The van der Waals surface area contributed by atoms with Gasteiger partial charge in [0.25, 0.3) is 5.91 Å². The predicted molar refractivity (Wildman–Crippen MR) is 79.3 cm³/mol. The summed E-state index contributed by atoms with van der Waals surface area (Å²) in [4.78, 5) is 26.7. The molecular weight excluding hydrogens is 268 g/mol. The van der Waals surface area contributed by atoms with Gasteiger partial charge < -0.3 is 15.0 Å². The van der Waals surface area contributed by atoms with Crippen molar-refractivity contribution in [2.75, 3.05) is 18.1 Å². The number of nitrogens with zero attached hydrogens (tertiary/aromatic N) is 1. The second kappa shape index (κ2) is 5.85. The van der Waals surface area contributed by atoms with Crippen LogP contribution in [0.4, 0.5) is 5.69 Å². The van der Waals surface area contributed by atoms with E-state index in [1.165, 1.54) is 0 Å². The van der Waals surface area contributed by atoms with Crippen molar-refractivity contribution in [2.45, 2.75) is 38.3 Å². The normalized spacial score (nSPS) is 25.5. The molecule has 1 aromatic rings. The van der Waals surface area contributed by atoms with Crippen LogP contribution in [0.15, 0.2) is 24.3 Å². The van der Waals surface area contributed by atoms with Crippen LogP contribution < -0.4 is 10.2 Å². The smallest absolute Gasteiger partial charge is 0.254 e. The molecule has 0 saturated carbocycles. The molecule has 2 unspecified atom stereocenters. The minimum Gasteiger partial charge on any atom is -0.376 e. The first-order valence-electron chi connectivity index (χ1n) is 7.53. The molecule has 112 valence electrons. The zero-order valence-corrected chi connectivity index (χ0v) is 12.2. The lowest BCUT2D eigenvalue weighted by Crippen LogP contribution is -2.47. The number of carbonyl (C=O) groups excluding carboxylic acids is 2. The van der Waals surface area contributed by atoms with Crippen LogP contribution >= 0.6 is 0 Å². The molecule has 1 N–H and O–H groups in total. The van der Waals surface area contributed by atoms with Crippen molar-refractivity contribution < 1.29 is 14.3 Å². The number of anilines is 1. The van der Waals surface area contributed by atoms with E-state index in [1.807, 2.05) is 25.1 Å². The number of rotatable bonds is 3. The van der Waals surface area contributed by atoms with Gasteiger partial charge in [0, 0.05) is 6.61 Å². The lowest BCUT2D eigenvalue weighted by atomic mass is 10.1. The highest BCUT2D eigenvalue weighted by molar-refractivity contribution is 6.10. The van der Waals surface area contributed by atoms with Gasteiger partial charge in [0.05, 0.1) is 23.9 Å². The predicted octanol–water partition coefficient (Wildman–Crippen LogP) is 1.72. The maximum atomic E-state index is 12.7. The maximum absolute atomic E-state index is 12.7. The van der Waals surface area contributed by atoms with Crippen LogP contribution in [0.5, 0.6) is 0 Å². The Labute approximate surface area is 124 Å². The summed E-state index contributed by atoms with van der Waals surface area (Å²) in [6, 6.07) is 6.80. The van der Waals surface area contributed by atoms with Gasteiger partial charge in [0.15, 0.2) is 0 Å². The third-order valence-electron chi connectivity index (χ3n) is 4.13. The highest BCUT2D eigenvalue weighted by Crippen LogP contribution is 2.26. The third-order valence-corrected chi connectivity index (χ3v) is 4.13. The fraction of sp³-hybridized carbons (Fsp3) is 0.500. The topological polar surface area (TPSA) is 58.6 Å². The van der Waals surface area contributed by atoms with Gasteiger partial charge in [-0.3, -0.25) is 9.59 Å². The molecule has 0 spiro atoms. The molecule has 2 heterocycles. The molecule has 2 amide bonds. The lowest BCUT2D eigenvalue weighted by Gasteiger charge is -2.27. The van der Waals surface area contributed by atoms with Crippen molar-refractivity contribution in [2.24, 2.45) is 0 Å². The van der Waals surface area contributed by atoms with Crippen molar-refractivity contribution in [3.05, 3.63) is 29.8 Å². The van der Waals surface area contributed by atoms with E-state index in [4.69, 9.17) is 4.74 Å². The van der Waals surface area contributed by atoms with Crippen molar-refractivity contribution in [1.29, 1.82) is 0 Å². The number of ether oxygens (including phenoxy) is 1. The van der Waals surface area contributed by atoms with Crippen molar-refractivity contribution in [3.63, 3.8) is 0 Å². The van der Waals surface area contributed by atoms with E-state index in [-0.39, 0.29) is 17.9 Å². The van der Waals surface area contributed by atoms with Gasteiger partial charge in [-0.15, -0.1) is 0 Å². The molecule has 21 heavy (non-hydrogen) atoms. The molecule has 2 aliphatic heterocycles. The van der Waals surface area contributed by atoms with Crippen LogP contribution in [0, 0.1) is 0 Å². The molecule has 0 bridgehead atoms. The third kappa shape index (κ3) is 2.65. The zero-order valence-electron chi connectivity index (χ0n) is 12.2. The first-order chi connectivity index (χ1) is 10.2. The SMILES string of the molecule is CCC1NC(=O)c2ccccc2N(CC2CCCO2)C1=O. The standard InChI is InChI=1S/C16H20N2O3/c1-2-13-16(20)18(10-11-6-5-9-21-11)14-8-4-3-7-12(14)15(19)17-13/h3-4,7-8,11,13H,2,5-6,9-10H2,1H3,(H,17,19). The summed E-state index contributed by atoms with van der Waals surface area (Å²) in [6.07, 6.45) is 2.64. The lowest BCUT2D eigenvalue weighted by molar-refractivity contribution is -0.120. The summed E-state index contributed by atoms with van der Waals surface area (Å²) < 4.78 is 5.66. The van der Waals surface area contributed by atoms with E-state index < -0.39 is 6.04 Å². The van der Waals surface area contributed by atoms with Gasteiger partial charge in [-0.1, -0.05) is 19.1 Å². The molecule has 2 atom stereocenters. The van der Waals surface area contributed by atoms with E-state index in [0.29, 0.717) is 24.2 Å². The van der Waals surface area contributed by atoms with Crippen molar-refractivity contribution in [1.82, 2.24) is 5.32 Å². The molecule has 0 radical (unpaired) electrons. The summed E-state index contributed by atoms with van der Waals surface area (Å²) in [5.74, 6) is -0.230. The van der Waals surface area contributed by atoms with Gasteiger partial charge in [-0.25, -0.2) is 0 Å². The molecule has 5 nitrogen and oxygen atoms in total. The van der Waals surface area contributed by atoms with Gasteiger partial charge in [-0.05, 0) is 31.4 Å². The molecule has 1 saturated heterocycles. The van der Waals surface area contributed by atoms with Crippen LogP contribution in [-0.4, -0.2) is 37.1 Å². The number of benzene rings is 1. The maximum Gasteiger partial charge on any atom is 0.254 e. The van der Waals surface area contributed by atoms with Crippen LogP contribution in [0.3, 0.4) is 0 Å². The first kappa shape index (κ1) is 14.1. The average Bonchev–Trinajstić information content (AvgIpc) is 2.99. The highest BCUT2D eigenvalue weighted by atomic mass is 16.5. The Morgan fingerprint density at radius 3 is 2.86 bits per heavy atom. The Balaban J connectivity index is 1.97. The van der Waals surface area contributed by atoms with Crippen LogP contribution in [-0.2, 0) is 9.53 Å². The van der Waals surface area contributed by atoms with E-state index in [1.54, 1.807) is 11.0 Å². The Bertz CT molecular complexity index is 552. The molecule has 2 aliphatic rings. The minimum atomic E-state index is -0.466. The number of hydrogen-bond donors (Lipinski definition) is 1. The fourth-order valence-corrected chi connectivity index (χ4v) is 2.96. The molecule has 5 heteroatoms. The summed E-state index contributed by atoms with van der Waals surface area (Å²) in [6.45, 7) is 3.17. The Morgan fingerprint density at radius 2 is 2.14 bits per heavy atom. The summed E-state index contributed by atoms with van der Waals surface area (Å²) in [7, 11) is 0. The van der Waals surface area contributed by atoms with Crippen molar-refractivity contribution in [3.8, 4) is 0 Å². The van der Waals surface area contributed by atoms with Gasteiger partial charge >= 0.3 is 0 Å². The number of carbonyl (C=O) groups is 2. The molecule has 1 aromatic carbocycles. The number of nitrogens with one attached hydrogen (secondary N) is 1. The Kier molecular flexibility index (Phi) is 3.92. The molecule has 1 fully saturated rings. The van der Waals surface area contributed by atoms with E-state index in [2.05, 4.69) is 5.32 Å². The van der Waals surface area contributed by atoms with Gasteiger partial charge in [-0.2, -0.15) is 0 Å². The number of hydrogen-bond acceptors (Lipinski definition) is 3. The van der Waals surface area contributed by atoms with E-state index in [0.717, 1.165) is 19.4 Å². The number of fused-ring (bicyclic) bond motifs is 1. The Morgan fingerprint density at radius 1 is 1.33 bits per heavy atom. The molecule has 0 aromatic heterocycles. The van der Waals surface area contributed by atoms with E-state index in [9.17, 15) is 9.59 Å². The minimum absolute atomic E-state index is 0.0497. The van der Waals surface area contributed by atoms with Crippen LogP contribution in [0.2, 0.25) is 0 Å². The second-order valence-corrected chi connectivity index (χ2v) is 5.54. The summed E-state index contributed by atoms with van der Waals surface area (Å²) in [5, 5.41) is 2.82. The quantitative estimate of drug-likeness (QED) is 0.921. The van der Waals surface area contributed by atoms with Crippen LogP contribution in [0.1, 0.15) is 36.5 Å². The average molecular weight is 288 g/mol. The van der Waals surface area contributed by atoms with E-state index >= 15 is 0 Å². The molecule has 3 rings (SSSR count). The zero-order chi connectivity index (χ0) is 14.8. The van der Waals surface area contributed by atoms with Crippen molar-refractivity contribution >= 4 is 17.5 Å². The summed E-state index contributed by atoms with van der Waals surface area (Å²) in [5.41, 5.74) is 1.24. The molecule has 0 aliphatic carbocycles. The summed E-state index contributed by atoms with van der Waals surface area (Å²) >= 11 is 0. The largest absolute Gasteiger partial charge is 0.376 e. The molecular formula is C16H20N2O3. The Hall–Kier alpha value is -1.88. The fourth-order valence-electron chi connectivity index (χ4n) is 2.96. The van der Waals surface area contributed by atoms with Crippen LogP contribution in [0.25, 0.3) is 0 Å². The number of para-hydroxylation sites is 1.